The first-order valence-corrected chi connectivity index (χ1v) is 4.38. The molecule has 56 valence electrons. The highest BCUT2D eigenvalue weighted by molar-refractivity contribution is 7.97. The summed E-state index contributed by atoms with van der Waals surface area (Å²) < 4.78 is 3.15. The Bertz CT molecular complexity index is 304. The highest BCUT2D eigenvalue weighted by atomic mass is 32.2. The van der Waals surface area contributed by atoms with Gasteiger partial charge in [0.25, 0.3) is 0 Å². The molecular weight excluding hydrogens is 154 g/mol. The van der Waals surface area contributed by atoms with Gasteiger partial charge in [-0.05, 0) is 36.1 Å². The molecule has 0 aliphatic carbocycles. The number of rotatable bonds is 0. The Morgan fingerprint density at radius 3 is 2.91 bits per heavy atom. The molecule has 0 radical (unpaired) electrons. The van der Waals surface area contributed by atoms with Crippen molar-refractivity contribution in [2.45, 2.75) is 11.8 Å². The first-order chi connectivity index (χ1) is 5.38. The van der Waals surface area contributed by atoms with Crippen LogP contribution in [0.25, 0.3) is 5.57 Å². The van der Waals surface area contributed by atoms with Gasteiger partial charge in [-0.15, -0.1) is 0 Å². The Morgan fingerprint density at radius 1 is 1.27 bits per heavy atom. The van der Waals surface area contributed by atoms with Crippen LogP contribution in [0.5, 0.6) is 0 Å². The fourth-order valence-electron chi connectivity index (χ4n) is 1.14. The summed E-state index contributed by atoms with van der Waals surface area (Å²) in [6.45, 7) is 2.12. The third kappa shape index (κ3) is 1.14. The van der Waals surface area contributed by atoms with Gasteiger partial charge in [-0.25, -0.2) is 0 Å². The van der Waals surface area contributed by atoms with E-state index in [-0.39, 0.29) is 0 Å². The van der Waals surface area contributed by atoms with Crippen molar-refractivity contribution in [2.75, 3.05) is 0 Å². The van der Waals surface area contributed by atoms with Gasteiger partial charge >= 0.3 is 0 Å². The number of hydrogen-bond donors (Lipinski definition) is 1. The maximum Gasteiger partial charge on any atom is 0.0360 e. The van der Waals surface area contributed by atoms with E-state index in [1.54, 1.807) is 11.9 Å². The lowest BCUT2D eigenvalue weighted by molar-refractivity contribution is 1.28. The van der Waals surface area contributed by atoms with Crippen LogP contribution in [0.15, 0.2) is 35.4 Å². The first-order valence-electron chi connectivity index (χ1n) is 3.56. The predicted molar refractivity (Wildman–Crippen MR) is 49.1 cm³/mol. The maximum absolute atomic E-state index is 3.15. The molecule has 2 heteroatoms. The van der Waals surface area contributed by atoms with Crippen LogP contribution in [0, 0.1) is 0 Å². The van der Waals surface area contributed by atoms with Crippen molar-refractivity contribution in [3.8, 4) is 0 Å². The molecule has 0 atom stereocenters. The van der Waals surface area contributed by atoms with Gasteiger partial charge in [0.1, 0.15) is 0 Å². The molecule has 1 aliphatic heterocycles. The standard InChI is InChI=1S/C9H9NS/c1-7-6-10-11-9-5-3-2-4-8(7)9/h2-6,10H,1H3. The second-order valence-corrected chi connectivity index (χ2v) is 3.42. The van der Waals surface area contributed by atoms with Crippen LogP contribution in [0.2, 0.25) is 0 Å². The topological polar surface area (TPSA) is 12.0 Å². The second-order valence-electron chi connectivity index (χ2n) is 2.54. The quantitative estimate of drug-likeness (QED) is 0.590. The fraction of sp³-hybridized carbons (Fsp3) is 0.111. The predicted octanol–water partition coefficient (Wildman–Crippen LogP) is 2.66. The Balaban J connectivity index is 2.56. The molecule has 1 heterocycles. The third-order valence-electron chi connectivity index (χ3n) is 1.76. The van der Waals surface area contributed by atoms with Crippen molar-refractivity contribution in [1.82, 2.24) is 4.72 Å². The third-order valence-corrected chi connectivity index (χ3v) is 2.57. The van der Waals surface area contributed by atoms with Crippen molar-refractivity contribution in [3.05, 3.63) is 36.0 Å². The largest absolute Gasteiger partial charge is 0.332 e. The molecule has 1 nitrogen and oxygen atoms in total. The molecule has 0 fully saturated rings. The van der Waals surface area contributed by atoms with Gasteiger partial charge in [-0.1, -0.05) is 18.2 Å². The molecule has 0 amide bonds. The Morgan fingerprint density at radius 2 is 2.09 bits per heavy atom. The van der Waals surface area contributed by atoms with Crippen LogP contribution < -0.4 is 4.72 Å². The fourth-order valence-corrected chi connectivity index (χ4v) is 1.99. The van der Waals surface area contributed by atoms with E-state index in [2.05, 4.69) is 35.9 Å². The van der Waals surface area contributed by atoms with E-state index in [1.807, 2.05) is 6.20 Å². The summed E-state index contributed by atoms with van der Waals surface area (Å²) in [7, 11) is 0. The van der Waals surface area contributed by atoms with E-state index in [4.69, 9.17) is 0 Å². The number of benzene rings is 1. The Kier molecular flexibility index (Phi) is 1.62. The van der Waals surface area contributed by atoms with Gasteiger partial charge < -0.3 is 4.72 Å². The van der Waals surface area contributed by atoms with Gasteiger partial charge in [0.05, 0.1) is 0 Å². The van der Waals surface area contributed by atoms with E-state index >= 15 is 0 Å². The van der Waals surface area contributed by atoms with Crippen LogP contribution in [-0.2, 0) is 0 Å². The van der Waals surface area contributed by atoms with Crippen molar-refractivity contribution in [2.24, 2.45) is 0 Å². The van der Waals surface area contributed by atoms with Crippen molar-refractivity contribution < 1.29 is 0 Å². The summed E-state index contributed by atoms with van der Waals surface area (Å²) in [5, 5.41) is 0. The molecule has 1 aromatic rings. The maximum atomic E-state index is 3.15. The van der Waals surface area contributed by atoms with Gasteiger partial charge in [-0.2, -0.15) is 0 Å². The molecule has 1 aromatic carbocycles. The normalized spacial score (nSPS) is 14.8. The summed E-state index contributed by atoms with van der Waals surface area (Å²) in [6.07, 6.45) is 2.03. The average molecular weight is 163 g/mol. The molecule has 0 saturated carbocycles. The molecule has 0 bridgehead atoms. The lowest BCUT2D eigenvalue weighted by Gasteiger charge is -2.14. The smallest absolute Gasteiger partial charge is 0.0360 e. The van der Waals surface area contributed by atoms with Crippen LogP contribution in [0.4, 0.5) is 0 Å². The number of nitrogens with one attached hydrogen (secondary N) is 1. The zero-order chi connectivity index (χ0) is 7.68. The van der Waals surface area contributed by atoms with Crippen LogP contribution >= 0.6 is 11.9 Å². The van der Waals surface area contributed by atoms with Crippen molar-refractivity contribution >= 4 is 17.5 Å². The molecule has 1 N–H and O–H groups in total. The summed E-state index contributed by atoms with van der Waals surface area (Å²) in [5.41, 5.74) is 2.65. The van der Waals surface area contributed by atoms with Gasteiger partial charge in [0.2, 0.25) is 0 Å². The number of fused-ring (bicyclic) bond motifs is 1. The minimum Gasteiger partial charge on any atom is -0.332 e. The van der Waals surface area contributed by atoms with Crippen molar-refractivity contribution in [1.29, 1.82) is 0 Å². The Labute approximate surface area is 70.6 Å². The summed E-state index contributed by atoms with van der Waals surface area (Å²) >= 11 is 1.67. The minimum atomic E-state index is 1.30. The molecule has 1 aliphatic rings. The molecule has 0 saturated heterocycles. The van der Waals surface area contributed by atoms with Crippen LogP contribution in [0.1, 0.15) is 12.5 Å². The SMILES string of the molecule is CC1=CNSc2ccccc21. The van der Waals surface area contributed by atoms with Gasteiger partial charge in [-0.3, -0.25) is 0 Å². The van der Waals surface area contributed by atoms with E-state index in [9.17, 15) is 0 Å². The van der Waals surface area contributed by atoms with E-state index in [0.29, 0.717) is 0 Å². The minimum absolute atomic E-state index is 1.30. The van der Waals surface area contributed by atoms with Crippen LogP contribution in [0.3, 0.4) is 0 Å². The lowest BCUT2D eigenvalue weighted by Crippen LogP contribution is -2.00. The van der Waals surface area contributed by atoms with Gasteiger partial charge in [0, 0.05) is 11.1 Å². The van der Waals surface area contributed by atoms with E-state index in [0.717, 1.165) is 0 Å². The molecule has 2 rings (SSSR count). The van der Waals surface area contributed by atoms with Crippen LogP contribution in [-0.4, -0.2) is 0 Å². The average Bonchev–Trinajstić information content (AvgIpc) is 2.06. The van der Waals surface area contributed by atoms with E-state index < -0.39 is 0 Å². The molecular formula is C9H9NS. The molecule has 0 unspecified atom stereocenters. The molecule has 0 spiro atoms. The molecule has 0 aromatic heterocycles. The highest BCUT2D eigenvalue weighted by Gasteiger charge is 2.07. The summed E-state index contributed by atoms with van der Waals surface area (Å²) in [6, 6.07) is 8.41. The highest BCUT2D eigenvalue weighted by Crippen LogP contribution is 2.29. The number of hydrogen-bond acceptors (Lipinski definition) is 2. The zero-order valence-corrected chi connectivity index (χ0v) is 7.11. The zero-order valence-electron chi connectivity index (χ0n) is 6.29. The van der Waals surface area contributed by atoms with Gasteiger partial charge in [0.15, 0.2) is 0 Å². The summed E-state index contributed by atoms with van der Waals surface area (Å²) in [4.78, 5) is 1.31. The Hall–Kier alpha value is -0.890. The lowest BCUT2D eigenvalue weighted by atomic mass is 10.1. The monoisotopic (exact) mass is 163 g/mol. The van der Waals surface area contributed by atoms with Crippen molar-refractivity contribution in [3.63, 3.8) is 0 Å². The number of allylic oxidation sites excluding steroid dienone is 1. The molecule has 11 heavy (non-hydrogen) atoms. The summed E-state index contributed by atoms with van der Waals surface area (Å²) in [5.74, 6) is 0. The first kappa shape index (κ1) is 6.80. The van der Waals surface area contributed by atoms with E-state index in [1.165, 1.54) is 16.0 Å². The second kappa shape index (κ2) is 2.62.